The van der Waals surface area contributed by atoms with Gasteiger partial charge in [-0.15, -0.1) is 11.6 Å². The van der Waals surface area contributed by atoms with Crippen molar-refractivity contribution in [3.8, 4) is 0 Å². The Labute approximate surface area is 89.0 Å². The van der Waals surface area contributed by atoms with Crippen molar-refractivity contribution >= 4 is 11.6 Å². The Morgan fingerprint density at radius 1 is 1.64 bits per heavy atom. The van der Waals surface area contributed by atoms with E-state index in [2.05, 4.69) is 5.10 Å². The van der Waals surface area contributed by atoms with E-state index >= 15 is 0 Å². The minimum absolute atomic E-state index is 0.126. The van der Waals surface area contributed by atoms with Crippen molar-refractivity contribution in [2.45, 2.75) is 38.3 Å². The zero-order valence-electron chi connectivity index (χ0n) is 8.37. The van der Waals surface area contributed by atoms with Crippen LogP contribution in [0.3, 0.4) is 0 Å². The van der Waals surface area contributed by atoms with Gasteiger partial charge in [-0.3, -0.25) is 0 Å². The molecule has 0 N–H and O–H groups in total. The maximum Gasteiger partial charge on any atom is 0.150 e. The van der Waals surface area contributed by atoms with Crippen LogP contribution in [0.15, 0.2) is 6.07 Å². The lowest BCUT2D eigenvalue weighted by atomic mass is 10.2. The molecule has 1 atom stereocenters. The number of alkyl halides is 1. The van der Waals surface area contributed by atoms with Crippen LogP contribution in [0, 0.1) is 6.92 Å². The number of aryl methyl sites for hydroxylation is 1. The van der Waals surface area contributed by atoms with Crippen molar-refractivity contribution in [1.29, 1.82) is 0 Å². The summed E-state index contributed by atoms with van der Waals surface area (Å²) in [6.07, 6.45) is 3.57. The van der Waals surface area contributed by atoms with E-state index in [1.165, 1.54) is 12.8 Å². The fourth-order valence-electron chi connectivity index (χ4n) is 1.83. The van der Waals surface area contributed by atoms with E-state index in [9.17, 15) is 0 Å². The van der Waals surface area contributed by atoms with E-state index in [1.807, 2.05) is 17.7 Å². The molecular formula is C10H15ClN2O. The van der Waals surface area contributed by atoms with Crippen LogP contribution < -0.4 is 0 Å². The Balaban J connectivity index is 2.17. The minimum Gasteiger partial charge on any atom is -0.357 e. The van der Waals surface area contributed by atoms with Gasteiger partial charge < -0.3 is 4.74 Å². The third-order valence-electron chi connectivity index (χ3n) is 2.54. The van der Waals surface area contributed by atoms with Crippen LogP contribution in [0.2, 0.25) is 0 Å². The molecule has 1 aliphatic rings. The van der Waals surface area contributed by atoms with Gasteiger partial charge in [0.2, 0.25) is 0 Å². The molecule has 1 aromatic heterocycles. The van der Waals surface area contributed by atoms with Crippen molar-refractivity contribution in [2.24, 2.45) is 0 Å². The fraction of sp³-hybridized carbons (Fsp3) is 0.700. The molecule has 1 aromatic rings. The molecule has 0 bridgehead atoms. The van der Waals surface area contributed by atoms with Crippen LogP contribution >= 0.6 is 11.6 Å². The molecule has 3 nitrogen and oxygen atoms in total. The number of halogens is 1. The summed E-state index contributed by atoms with van der Waals surface area (Å²) in [5, 5.41) is 4.41. The molecule has 4 heteroatoms. The van der Waals surface area contributed by atoms with E-state index in [-0.39, 0.29) is 6.23 Å². The van der Waals surface area contributed by atoms with Gasteiger partial charge >= 0.3 is 0 Å². The SMILES string of the molecule is Cc1cc(CCl)nn1C1CCCCO1. The van der Waals surface area contributed by atoms with Gasteiger partial charge in [-0.05, 0) is 32.3 Å². The molecule has 2 rings (SSSR count). The Kier molecular flexibility index (Phi) is 3.08. The predicted molar refractivity (Wildman–Crippen MR) is 55.4 cm³/mol. The minimum atomic E-state index is 0.126. The maximum atomic E-state index is 5.73. The van der Waals surface area contributed by atoms with Crippen LogP contribution in [0.25, 0.3) is 0 Å². The van der Waals surface area contributed by atoms with Gasteiger partial charge in [0.05, 0.1) is 11.6 Å². The zero-order chi connectivity index (χ0) is 9.97. The molecule has 2 heterocycles. The molecule has 14 heavy (non-hydrogen) atoms. The fourth-order valence-corrected chi connectivity index (χ4v) is 1.96. The predicted octanol–water partition coefficient (Wildman–Crippen LogP) is 2.63. The third kappa shape index (κ3) is 1.93. The quantitative estimate of drug-likeness (QED) is 0.708. The van der Waals surface area contributed by atoms with Crippen LogP contribution in [-0.2, 0) is 10.6 Å². The highest BCUT2D eigenvalue weighted by Gasteiger charge is 2.18. The highest BCUT2D eigenvalue weighted by molar-refractivity contribution is 6.16. The number of ether oxygens (including phenoxy) is 1. The van der Waals surface area contributed by atoms with Crippen LogP contribution in [-0.4, -0.2) is 16.4 Å². The Morgan fingerprint density at radius 2 is 2.50 bits per heavy atom. The second kappa shape index (κ2) is 4.32. The van der Waals surface area contributed by atoms with Gasteiger partial charge in [-0.1, -0.05) is 0 Å². The van der Waals surface area contributed by atoms with E-state index in [0.717, 1.165) is 24.4 Å². The summed E-state index contributed by atoms with van der Waals surface area (Å²) in [4.78, 5) is 0. The first-order valence-corrected chi connectivity index (χ1v) is 5.57. The number of hydrogen-bond acceptors (Lipinski definition) is 2. The van der Waals surface area contributed by atoms with E-state index < -0.39 is 0 Å². The molecule has 78 valence electrons. The summed E-state index contributed by atoms with van der Waals surface area (Å²) in [5.41, 5.74) is 2.06. The Bertz CT molecular complexity index is 305. The number of hydrogen-bond donors (Lipinski definition) is 0. The topological polar surface area (TPSA) is 27.1 Å². The second-order valence-corrected chi connectivity index (χ2v) is 3.94. The summed E-state index contributed by atoms with van der Waals surface area (Å²) in [7, 11) is 0. The first-order valence-electron chi connectivity index (χ1n) is 5.04. The largest absolute Gasteiger partial charge is 0.357 e. The number of nitrogens with zero attached hydrogens (tertiary/aromatic N) is 2. The first kappa shape index (κ1) is 9.99. The van der Waals surface area contributed by atoms with Gasteiger partial charge in [0.1, 0.15) is 6.23 Å². The smallest absolute Gasteiger partial charge is 0.150 e. The summed E-state index contributed by atoms with van der Waals surface area (Å²) in [6, 6.07) is 2.02. The number of aromatic nitrogens is 2. The van der Waals surface area contributed by atoms with Crippen LogP contribution in [0.4, 0.5) is 0 Å². The van der Waals surface area contributed by atoms with Gasteiger partial charge in [-0.2, -0.15) is 5.10 Å². The van der Waals surface area contributed by atoms with Crippen LogP contribution in [0.1, 0.15) is 36.9 Å². The zero-order valence-corrected chi connectivity index (χ0v) is 9.13. The van der Waals surface area contributed by atoms with E-state index in [4.69, 9.17) is 16.3 Å². The van der Waals surface area contributed by atoms with Gasteiger partial charge in [0.15, 0.2) is 0 Å². The molecule has 0 saturated carbocycles. The lowest BCUT2D eigenvalue weighted by Crippen LogP contribution is -2.20. The Morgan fingerprint density at radius 3 is 3.07 bits per heavy atom. The van der Waals surface area contributed by atoms with Crippen molar-refractivity contribution in [2.75, 3.05) is 6.61 Å². The molecule has 0 spiro atoms. The second-order valence-electron chi connectivity index (χ2n) is 3.68. The maximum absolute atomic E-state index is 5.73. The Hall–Kier alpha value is -0.540. The highest BCUT2D eigenvalue weighted by atomic mass is 35.5. The average Bonchev–Trinajstić information content (AvgIpc) is 2.61. The van der Waals surface area contributed by atoms with Gasteiger partial charge in [0.25, 0.3) is 0 Å². The molecule has 0 aliphatic carbocycles. The van der Waals surface area contributed by atoms with Gasteiger partial charge in [-0.25, -0.2) is 4.68 Å². The summed E-state index contributed by atoms with van der Waals surface area (Å²) in [6.45, 7) is 2.89. The molecule has 0 amide bonds. The molecule has 1 fully saturated rings. The molecule has 1 unspecified atom stereocenters. The standard InChI is InChI=1S/C10H15ClN2O/c1-8-6-9(7-11)12-13(8)10-4-2-3-5-14-10/h6,10H,2-5,7H2,1H3. The average molecular weight is 215 g/mol. The molecular weight excluding hydrogens is 200 g/mol. The van der Waals surface area contributed by atoms with Crippen molar-refractivity contribution < 1.29 is 4.74 Å². The first-order chi connectivity index (χ1) is 6.81. The summed E-state index contributed by atoms with van der Waals surface area (Å²) in [5.74, 6) is 0.473. The monoisotopic (exact) mass is 214 g/mol. The highest BCUT2D eigenvalue weighted by Crippen LogP contribution is 2.23. The van der Waals surface area contributed by atoms with Crippen molar-refractivity contribution in [3.63, 3.8) is 0 Å². The van der Waals surface area contributed by atoms with Crippen molar-refractivity contribution in [1.82, 2.24) is 9.78 Å². The molecule has 1 aliphatic heterocycles. The van der Waals surface area contributed by atoms with Crippen LogP contribution in [0.5, 0.6) is 0 Å². The lowest BCUT2D eigenvalue weighted by molar-refractivity contribution is -0.0407. The molecule has 0 aromatic carbocycles. The summed E-state index contributed by atoms with van der Waals surface area (Å²) >= 11 is 5.73. The number of rotatable bonds is 2. The summed E-state index contributed by atoms with van der Waals surface area (Å²) < 4.78 is 7.62. The van der Waals surface area contributed by atoms with E-state index in [1.54, 1.807) is 0 Å². The molecule has 1 saturated heterocycles. The van der Waals surface area contributed by atoms with Gasteiger partial charge in [0, 0.05) is 12.3 Å². The van der Waals surface area contributed by atoms with Crippen molar-refractivity contribution in [3.05, 3.63) is 17.5 Å². The third-order valence-corrected chi connectivity index (χ3v) is 2.81. The lowest BCUT2D eigenvalue weighted by Gasteiger charge is -2.23. The normalized spacial score (nSPS) is 22.6. The molecule has 0 radical (unpaired) electrons. The van der Waals surface area contributed by atoms with E-state index in [0.29, 0.717) is 5.88 Å².